The molecule has 0 aliphatic carbocycles. The molecule has 9 heteroatoms. The van der Waals surface area contributed by atoms with Crippen LogP contribution in [0.1, 0.15) is 11.1 Å². The Labute approximate surface area is 159 Å². The van der Waals surface area contributed by atoms with Gasteiger partial charge in [0.15, 0.2) is 11.6 Å². The molecular formula is C19H13N5O4. The molecule has 28 heavy (non-hydrogen) atoms. The van der Waals surface area contributed by atoms with Crippen LogP contribution in [0.25, 0.3) is 0 Å². The number of nitrogens with zero attached hydrogens (tertiary/aromatic N) is 5. The molecule has 0 fully saturated rings. The summed E-state index contributed by atoms with van der Waals surface area (Å²) in [4.78, 5) is 33.4. The van der Waals surface area contributed by atoms with Crippen molar-refractivity contribution >= 4 is 35.4 Å². The number of hydrogen-bond acceptors (Lipinski definition) is 7. The van der Waals surface area contributed by atoms with Gasteiger partial charge in [0.05, 0.1) is 9.85 Å². The maximum absolute atomic E-state index is 10.8. The topological polar surface area (TPSA) is 124 Å². The molecule has 1 heterocycles. The molecule has 0 unspecified atom stereocenters. The maximum atomic E-state index is 10.8. The van der Waals surface area contributed by atoms with Gasteiger partial charge in [-0.25, -0.2) is 15.0 Å². The molecular weight excluding hydrogens is 362 g/mol. The van der Waals surface area contributed by atoms with Crippen molar-refractivity contribution in [2.45, 2.75) is 0 Å². The van der Waals surface area contributed by atoms with E-state index in [1.165, 1.54) is 36.7 Å². The summed E-state index contributed by atoms with van der Waals surface area (Å²) in [6.45, 7) is 0. The van der Waals surface area contributed by atoms with Gasteiger partial charge in [0.1, 0.15) is 0 Å². The van der Waals surface area contributed by atoms with Crippen molar-refractivity contribution in [3.8, 4) is 0 Å². The highest BCUT2D eigenvalue weighted by molar-refractivity contribution is 5.83. The van der Waals surface area contributed by atoms with Crippen molar-refractivity contribution < 1.29 is 9.85 Å². The molecule has 0 spiro atoms. The highest BCUT2D eigenvalue weighted by atomic mass is 16.6. The molecule has 0 amide bonds. The van der Waals surface area contributed by atoms with E-state index in [4.69, 9.17) is 0 Å². The van der Waals surface area contributed by atoms with E-state index in [0.29, 0.717) is 22.8 Å². The fourth-order valence-electron chi connectivity index (χ4n) is 2.27. The van der Waals surface area contributed by atoms with Crippen molar-refractivity contribution in [3.05, 3.63) is 98.1 Å². The zero-order chi connectivity index (χ0) is 19.9. The number of nitro groups is 2. The average molecular weight is 375 g/mol. The molecule has 0 aliphatic heterocycles. The molecule has 9 nitrogen and oxygen atoms in total. The number of rotatable bonds is 6. The van der Waals surface area contributed by atoms with E-state index in [1.54, 1.807) is 42.5 Å². The number of aliphatic imine (C=N–C) groups is 2. The van der Waals surface area contributed by atoms with E-state index in [1.807, 2.05) is 0 Å². The van der Waals surface area contributed by atoms with Crippen LogP contribution in [0.2, 0.25) is 0 Å². The number of pyridine rings is 1. The van der Waals surface area contributed by atoms with Crippen molar-refractivity contribution in [1.82, 2.24) is 4.98 Å². The van der Waals surface area contributed by atoms with Crippen LogP contribution in [0.3, 0.4) is 0 Å². The van der Waals surface area contributed by atoms with Crippen molar-refractivity contribution in [2.24, 2.45) is 9.98 Å². The summed E-state index contributed by atoms with van der Waals surface area (Å²) in [5, 5.41) is 21.6. The summed E-state index contributed by atoms with van der Waals surface area (Å²) < 4.78 is 0. The van der Waals surface area contributed by atoms with Gasteiger partial charge in [-0.2, -0.15) is 0 Å². The maximum Gasteiger partial charge on any atom is 0.270 e. The van der Waals surface area contributed by atoms with Crippen LogP contribution >= 0.6 is 0 Å². The fourth-order valence-corrected chi connectivity index (χ4v) is 2.27. The summed E-state index contributed by atoms with van der Waals surface area (Å²) in [5.41, 5.74) is 1.10. The van der Waals surface area contributed by atoms with Crippen LogP contribution in [-0.2, 0) is 0 Å². The van der Waals surface area contributed by atoms with Crippen molar-refractivity contribution in [1.29, 1.82) is 0 Å². The molecule has 0 N–H and O–H groups in total. The highest BCUT2D eigenvalue weighted by Gasteiger charge is 2.05. The van der Waals surface area contributed by atoms with E-state index in [9.17, 15) is 20.2 Å². The molecule has 138 valence electrons. The Morgan fingerprint density at radius 2 is 1.14 bits per heavy atom. The smallest absolute Gasteiger partial charge is 0.258 e. The van der Waals surface area contributed by atoms with Crippen molar-refractivity contribution in [2.75, 3.05) is 0 Å². The lowest BCUT2D eigenvalue weighted by molar-refractivity contribution is -0.385. The molecule has 0 saturated heterocycles. The molecule has 1 aromatic heterocycles. The SMILES string of the molecule is O=[N+]([O-])c1cccc(C=Nc2cccc(/N=C/c3cccc([N+](=O)[O-])c3)n2)c1. The normalized spacial score (nSPS) is 11.1. The van der Waals surface area contributed by atoms with Crippen molar-refractivity contribution in [3.63, 3.8) is 0 Å². The average Bonchev–Trinajstić information content (AvgIpc) is 2.71. The van der Waals surface area contributed by atoms with E-state index >= 15 is 0 Å². The summed E-state index contributed by atoms with van der Waals surface area (Å²) in [7, 11) is 0. The summed E-state index contributed by atoms with van der Waals surface area (Å²) >= 11 is 0. The minimum Gasteiger partial charge on any atom is -0.258 e. The van der Waals surface area contributed by atoms with Gasteiger partial charge >= 0.3 is 0 Å². The number of non-ortho nitro benzene ring substituents is 2. The Bertz CT molecular complexity index is 1010. The zero-order valence-electron chi connectivity index (χ0n) is 14.4. The van der Waals surface area contributed by atoms with Gasteiger partial charge in [-0.1, -0.05) is 30.3 Å². The van der Waals surface area contributed by atoms with Crippen LogP contribution in [0.15, 0.2) is 76.7 Å². The van der Waals surface area contributed by atoms with Gasteiger partial charge in [0.25, 0.3) is 11.4 Å². The number of aromatic nitrogens is 1. The third-order valence-corrected chi connectivity index (χ3v) is 3.57. The Morgan fingerprint density at radius 1 is 0.714 bits per heavy atom. The van der Waals surface area contributed by atoms with Gasteiger partial charge in [-0.05, 0) is 23.3 Å². The summed E-state index contributed by atoms with van der Waals surface area (Å²) in [6, 6.07) is 17.2. The van der Waals surface area contributed by atoms with Crippen LogP contribution in [0.5, 0.6) is 0 Å². The van der Waals surface area contributed by atoms with Crippen LogP contribution in [0, 0.1) is 20.2 Å². The first kappa shape index (κ1) is 18.5. The molecule has 0 atom stereocenters. The molecule has 0 bridgehead atoms. The molecule has 3 aromatic rings. The molecule has 0 radical (unpaired) electrons. The van der Waals surface area contributed by atoms with Gasteiger partial charge in [-0.3, -0.25) is 20.2 Å². The Balaban J connectivity index is 1.77. The van der Waals surface area contributed by atoms with Gasteiger partial charge < -0.3 is 0 Å². The third kappa shape index (κ3) is 4.88. The predicted octanol–water partition coefficient (Wildman–Crippen LogP) is 4.40. The predicted molar refractivity (Wildman–Crippen MR) is 105 cm³/mol. The van der Waals surface area contributed by atoms with E-state index in [-0.39, 0.29) is 11.4 Å². The van der Waals surface area contributed by atoms with E-state index in [0.717, 1.165) is 0 Å². The van der Waals surface area contributed by atoms with Gasteiger partial charge in [0, 0.05) is 36.7 Å². The second kappa shape index (κ2) is 8.41. The quantitative estimate of drug-likeness (QED) is 0.359. The fraction of sp³-hybridized carbons (Fsp3) is 0. The van der Waals surface area contributed by atoms with Gasteiger partial charge in [-0.15, -0.1) is 0 Å². The Morgan fingerprint density at radius 3 is 1.57 bits per heavy atom. The molecule has 0 aliphatic rings. The number of benzene rings is 2. The second-order valence-electron chi connectivity index (χ2n) is 5.57. The first-order chi connectivity index (χ1) is 13.5. The molecule has 3 rings (SSSR count). The van der Waals surface area contributed by atoms with Gasteiger partial charge in [0.2, 0.25) is 0 Å². The zero-order valence-corrected chi connectivity index (χ0v) is 14.4. The highest BCUT2D eigenvalue weighted by Crippen LogP contribution is 2.17. The minimum atomic E-state index is -0.473. The van der Waals surface area contributed by atoms with E-state index in [2.05, 4.69) is 15.0 Å². The largest absolute Gasteiger partial charge is 0.270 e. The first-order valence-electron chi connectivity index (χ1n) is 8.05. The number of hydrogen-bond donors (Lipinski definition) is 0. The minimum absolute atomic E-state index is 0.0211. The lowest BCUT2D eigenvalue weighted by Crippen LogP contribution is -1.90. The summed E-state index contributed by atoms with van der Waals surface area (Å²) in [6.07, 6.45) is 2.95. The third-order valence-electron chi connectivity index (χ3n) is 3.57. The Kier molecular flexibility index (Phi) is 5.56. The van der Waals surface area contributed by atoms with Crippen LogP contribution < -0.4 is 0 Å². The first-order valence-corrected chi connectivity index (χ1v) is 8.05. The lowest BCUT2D eigenvalue weighted by atomic mass is 10.2. The van der Waals surface area contributed by atoms with E-state index < -0.39 is 9.85 Å². The molecule has 2 aromatic carbocycles. The standard InChI is InChI=1S/C19H13N5O4/c25-23(26)16-6-1-4-14(10-16)12-20-18-8-3-9-19(22-18)21-13-15-5-2-7-17(11-15)24(27)28/h1-13H/b20-12+,21-13?. The Hall–Kier alpha value is -4.27. The monoisotopic (exact) mass is 375 g/mol. The summed E-state index contributed by atoms with van der Waals surface area (Å²) in [5.74, 6) is 0.750. The lowest BCUT2D eigenvalue weighted by Gasteiger charge is -1.97. The second-order valence-corrected chi connectivity index (χ2v) is 5.57. The van der Waals surface area contributed by atoms with Crippen LogP contribution in [0.4, 0.5) is 23.0 Å². The molecule has 0 saturated carbocycles. The van der Waals surface area contributed by atoms with Crippen LogP contribution in [-0.4, -0.2) is 27.3 Å². The number of nitro benzene ring substituents is 2.